The van der Waals surface area contributed by atoms with Crippen molar-refractivity contribution in [2.24, 2.45) is 0 Å². The minimum atomic E-state index is -0.404. The standard InChI is InChI=1S/C26H40O6/c1-3-8-22-16-24(31-19-20-9-5-4-6-10-20)18-25(32-22)17-23(28-2)15-21(27)11-7-12-26-29-13-14-30-26/h3-6,9-10,21-27H,1,7-8,11-19H2,2H3/t21-,22+,23-,24?,25?/m0/s1. The van der Waals surface area contributed by atoms with Crippen molar-refractivity contribution in [3.63, 3.8) is 0 Å². The molecule has 2 unspecified atom stereocenters. The molecule has 5 atom stereocenters. The van der Waals surface area contributed by atoms with E-state index in [9.17, 15) is 5.11 Å². The average Bonchev–Trinajstić information content (AvgIpc) is 3.32. The molecular formula is C26H40O6. The van der Waals surface area contributed by atoms with Gasteiger partial charge in [0.1, 0.15) is 0 Å². The molecule has 0 amide bonds. The van der Waals surface area contributed by atoms with Crippen LogP contribution in [-0.4, -0.2) is 62.2 Å². The van der Waals surface area contributed by atoms with Gasteiger partial charge in [0.05, 0.1) is 50.3 Å². The van der Waals surface area contributed by atoms with Gasteiger partial charge in [-0.2, -0.15) is 0 Å². The molecule has 0 saturated carbocycles. The molecule has 2 saturated heterocycles. The molecule has 1 N–H and O–H groups in total. The summed E-state index contributed by atoms with van der Waals surface area (Å²) in [5, 5.41) is 10.5. The van der Waals surface area contributed by atoms with Crippen LogP contribution in [0.4, 0.5) is 0 Å². The van der Waals surface area contributed by atoms with Gasteiger partial charge in [-0.3, -0.25) is 0 Å². The highest BCUT2D eigenvalue weighted by Crippen LogP contribution is 2.29. The van der Waals surface area contributed by atoms with Crippen LogP contribution in [0.15, 0.2) is 43.0 Å². The van der Waals surface area contributed by atoms with E-state index < -0.39 is 6.10 Å². The highest BCUT2D eigenvalue weighted by Gasteiger charge is 2.31. The third-order valence-electron chi connectivity index (χ3n) is 6.26. The van der Waals surface area contributed by atoms with Gasteiger partial charge in [0.2, 0.25) is 0 Å². The van der Waals surface area contributed by atoms with Crippen LogP contribution < -0.4 is 0 Å². The Balaban J connectivity index is 1.44. The maximum atomic E-state index is 10.5. The van der Waals surface area contributed by atoms with Crippen LogP contribution in [0.5, 0.6) is 0 Å². The minimum absolute atomic E-state index is 0.0481. The summed E-state index contributed by atoms with van der Waals surface area (Å²) in [6.45, 7) is 5.83. The number of benzene rings is 1. The van der Waals surface area contributed by atoms with Crippen molar-refractivity contribution in [3.8, 4) is 0 Å². The molecule has 1 aromatic rings. The molecule has 0 spiro atoms. The average molecular weight is 449 g/mol. The van der Waals surface area contributed by atoms with Crippen molar-refractivity contribution in [2.45, 2.75) is 94.8 Å². The zero-order valence-electron chi connectivity index (χ0n) is 19.4. The van der Waals surface area contributed by atoms with E-state index in [2.05, 4.69) is 18.7 Å². The number of aliphatic hydroxyl groups is 1. The third kappa shape index (κ3) is 8.93. The van der Waals surface area contributed by atoms with Gasteiger partial charge < -0.3 is 28.8 Å². The van der Waals surface area contributed by atoms with Crippen molar-refractivity contribution in [1.29, 1.82) is 0 Å². The van der Waals surface area contributed by atoms with Crippen molar-refractivity contribution in [3.05, 3.63) is 48.6 Å². The normalized spacial score (nSPS) is 26.1. The first kappa shape index (κ1) is 25.3. The maximum Gasteiger partial charge on any atom is 0.157 e. The van der Waals surface area contributed by atoms with E-state index in [1.54, 1.807) is 7.11 Å². The second-order valence-electron chi connectivity index (χ2n) is 8.88. The van der Waals surface area contributed by atoms with Gasteiger partial charge in [-0.15, -0.1) is 6.58 Å². The molecule has 2 heterocycles. The van der Waals surface area contributed by atoms with Gasteiger partial charge in [-0.05, 0) is 50.5 Å². The Labute approximate surface area is 192 Å². The predicted octanol–water partition coefficient (Wildman–Crippen LogP) is 4.39. The van der Waals surface area contributed by atoms with E-state index in [4.69, 9.17) is 23.7 Å². The smallest absolute Gasteiger partial charge is 0.157 e. The van der Waals surface area contributed by atoms with Crippen molar-refractivity contribution in [2.75, 3.05) is 20.3 Å². The fourth-order valence-corrected chi connectivity index (χ4v) is 4.58. The molecule has 0 radical (unpaired) electrons. The lowest BCUT2D eigenvalue weighted by Gasteiger charge is -2.36. The fourth-order valence-electron chi connectivity index (χ4n) is 4.58. The zero-order valence-corrected chi connectivity index (χ0v) is 19.4. The van der Waals surface area contributed by atoms with E-state index >= 15 is 0 Å². The van der Waals surface area contributed by atoms with Crippen molar-refractivity contribution >= 4 is 0 Å². The van der Waals surface area contributed by atoms with Gasteiger partial charge in [-0.25, -0.2) is 0 Å². The summed E-state index contributed by atoms with van der Waals surface area (Å²) in [5.41, 5.74) is 1.18. The second kappa shape index (κ2) is 14.1. The maximum absolute atomic E-state index is 10.5. The Morgan fingerprint density at radius 2 is 1.91 bits per heavy atom. The van der Waals surface area contributed by atoms with Gasteiger partial charge in [0.25, 0.3) is 0 Å². The largest absolute Gasteiger partial charge is 0.393 e. The zero-order chi connectivity index (χ0) is 22.6. The van der Waals surface area contributed by atoms with Gasteiger partial charge in [0, 0.05) is 13.5 Å². The molecule has 3 rings (SSSR count). The molecule has 2 aliphatic heterocycles. The fraction of sp³-hybridized carbons (Fsp3) is 0.692. The molecule has 2 aliphatic rings. The van der Waals surface area contributed by atoms with Crippen molar-refractivity contribution < 1.29 is 28.8 Å². The molecule has 0 bridgehead atoms. The number of rotatable bonds is 14. The van der Waals surface area contributed by atoms with Crippen LogP contribution in [0.25, 0.3) is 0 Å². The monoisotopic (exact) mass is 448 g/mol. The van der Waals surface area contributed by atoms with E-state index in [-0.39, 0.29) is 30.7 Å². The number of hydrogen-bond donors (Lipinski definition) is 1. The molecule has 0 aromatic heterocycles. The molecule has 180 valence electrons. The van der Waals surface area contributed by atoms with Gasteiger partial charge in [-0.1, -0.05) is 36.4 Å². The molecule has 1 aromatic carbocycles. The summed E-state index contributed by atoms with van der Waals surface area (Å²) in [6.07, 6.45) is 7.96. The summed E-state index contributed by atoms with van der Waals surface area (Å²) in [7, 11) is 1.71. The Kier molecular flexibility index (Phi) is 11.2. The molecule has 32 heavy (non-hydrogen) atoms. The topological polar surface area (TPSA) is 66.4 Å². The van der Waals surface area contributed by atoms with Gasteiger partial charge in [0.15, 0.2) is 6.29 Å². The summed E-state index contributed by atoms with van der Waals surface area (Å²) in [5.74, 6) is 0. The number of ether oxygens (including phenoxy) is 5. The number of methoxy groups -OCH3 is 1. The quantitative estimate of drug-likeness (QED) is 0.426. The van der Waals surface area contributed by atoms with E-state index in [0.29, 0.717) is 26.2 Å². The van der Waals surface area contributed by atoms with Crippen LogP contribution >= 0.6 is 0 Å². The highest BCUT2D eigenvalue weighted by atomic mass is 16.7. The van der Waals surface area contributed by atoms with Crippen LogP contribution in [0.1, 0.15) is 56.9 Å². The summed E-state index contributed by atoms with van der Waals surface area (Å²) in [4.78, 5) is 0. The second-order valence-corrected chi connectivity index (χ2v) is 8.88. The summed E-state index contributed by atoms with van der Waals surface area (Å²) in [6, 6.07) is 10.3. The Hall–Kier alpha value is -1.28. The molecule has 6 heteroatoms. The summed E-state index contributed by atoms with van der Waals surface area (Å²) < 4.78 is 29.2. The third-order valence-corrected chi connectivity index (χ3v) is 6.26. The molecule has 6 nitrogen and oxygen atoms in total. The van der Waals surface area contributed by atoms with Crippen LogP contribution in [0.2, 0.25) is 0 Å². The van der Waals surface area contributed by atoms with E-state index in [1.165, 1.54) is 5.56 Å². The Morgan fingerprint density at radius 3 is 2.62 bits per heavy atom. The van der Waals surface area contributed by atoms with Crippen LogP contribution in [-0.2, 0) is 30.3 Å². The molecule has 0 aliphatic carbocycles. The lowest BCUT2D eigenvalue weighted by atomic mass is 9.93. The minimum Gasteiger partial charge on any atom is -0.393 e. The highest BCUT2D eigenvalue weighted by molar-refractivity contribution is 5.13. The van der Waals surface area contributed by atoms with E-state index in [0.717, 1.165) is 44.9 Å². The molecule has 2 fully saturated rings. The number of hydrogen-bond acceptors (Lipinski definition) is 6. The first-order valence-electron chi connectivity index (χ1n) is 12.0. The van der Waals surface area contributed by atoms with Crippen molar-refractivity contribution in [1.82, 2.24) is 0 Å². The van der Waals surface area contributed by atoms with Gasteiger partial charge >= 0.3 is 0 Å². The Morgan fingerprint density at radius 1 is 1.16 bits per heavy atom. The molecular weight excluding hydrogens is 408 g/mol. The van der Waals surface area contributed by atoms with E-state index in [1.807, 2.05) is 24.3 Å². The summed E-state index contributed by atoms with van der Waals surface area (Å²) >= 11 is 0. The first-order chi connectivity index (χ1) is 15.7. The lowest BCUT2D eigenvalue weighted by molar-refractivity contribution is -0.131. The Bertz CT molecular complexity index is 632. The van der Waals surface area contributed by atoms with Crippen LogP contribution in [0, 0.1) is 0 Å². The lowest BCUT2D eigenvalue weighted by Crippen LogP contribution is -2.39. The SMILES string of the molecule is C=CC[C@@H]1CC(OCc2ccccc2)CC(C[C@H](C[C@@H](O)CCCC2OCCO2)OC)O1. The predicted molar refractivity (Wildman–Crippen MR) is 123 cm³/mol. The number of aliphatic hydroxyl groups excluding tert-OH is 1. The van der Waals surface area contributed by atoms with Crippen LogP contribution in [0.3, 0.4) is 0 Å². The first-order valence-corrected chi connectivity index (χ1v) is 12.0.